The van der Waals surface area contributed by atoms with Gasteiger partial charge in [-0.2, -0.15) is 0 Å². The second-order valence-electron chi connectivity index (χ2n) is 7.23. The molecule has 1 heterocycles. The Morgan fingerprint density at radius 1 is 1.12 bits per heavy atom. The van der Waals surface area contributed by atoms with Gasteiger partial charge in [-0.3, -0.25) is 4.72 Å². The minimum Gasteiger partial charge on any atom is -0.506 e. The van der Waals surface area contributed by atoms with E-state index in [1.165, 1.54) is 31.4 Å². The molecule has 3 aromatic carbocycles. The molecule has 33 heavy (non-hydrogen) atoms. The van der Waals surface area contributed by atoms with E-state index >= 15 is 0 Å². The number of anilines is 1. The second-order valence-corrected chi connectivity index (χ2v) is 9.97. The lowest BCUT2D eigenvalue weighted by molar-refractivity contribution is 0.0696. The highest BCUT2D eigenvalue weighted by Crippen LogP contribution is 2.40. The summed E-state index contributed by atoms with van der Waals surface area (Å²) in [6.45, 7) is 1.39. The summed E-state index contributed by atoms with van der Waals surface area (Å²) in [5, 5.41) is 20.5. The van der Waals surface area contributed by atoms with E-state index in [0.29, 0.717) is 4.88 Å². The number of aromatic carboxylic acids is 1. The number of carbonyl (C=O) groups is 1. The summed E-state index contributed by atoms with van der Waals surface area (Å²) in [7, 11) is -3.19. The Balaban J connectivity index is 1.82. The van der Waals surface area contributed by atoms with E-state index < -0.39 is 32.5 Å². The summed E-state index contributed by atoms with van der Waals surface area (Å²) in [5.74, 6) is -2.61. The Hall–Kier alpha value is -3.63. The lowest BCUT2D eigenvalue weighted by Gasteiger charge is -2.15. The molecule has 0 aliphatic carbocycles. The van der Waals surface area contributed by atoms with Crippen LogP contribution in [-0.4, -0.2) is 31.7 Å². The first-order valence-electron chi connectivity index (χ1n) is 9.57. The number of fused-ring (bicyclic) bond motifs is 1. The summed E-state index contributed by atoms with van der Waals surface area (Å²) in [5.41, 5.74) is -0.131. The van der Waals surface area contributed by atoms with Crippen molar-refractivity contribution in [2.24, 2.45) is 0 Å². The van der Waals surface area contributed by atoms with Gasteiger partial charge in [0.1, 0.15) is 22.2 Å². The number of aryl methyl sites for hydroxylation is 1. The van der Waals surface area contributed by atoms with Crippen molar-refractivity contribution in [3.63, 3.8) is 0 Å². The minimum atomic E-state index is -4.45. The Labute approximate surface area is 192 Å². The van der Waals surface area contributed by atoms with Crippen LogP contribution < -0.4 is 9.46 Å². The third kappa shape index (κ3) is 4.22. The maximum absolute atomic E-state index is 14.9. The number of carboxylic acids is 1. The van der Waals surface area contributed by atoms with E-state index in [-0.39, 0.29) is 28.1 Å². The van der Waals surface area contributed by atoms with Gasteiger partial charge in [-0.25, -0.2) is 17.6 Å². The minimum absolute atomic E-state index is 0.0656. The summed E-state index contributed by atoms with van der Waals surface area (Å²) < 4.78 is 49.4. The molecule has 0 fully saturated rings. The van der Waals surface area contributed by atoms with Crippen molar-refractivity contribution in [2.45, 2.75) is 11.8 Å². The molecule has 7 nitrogen and oxygen atoms in total. The van der Waals surface area contributed by atoms with Crippen LogP contribution in [0, 0.1) is 12.7 Å². The molecular weight excluding hydrogens is 469 g/mol. The highest BCUT2D eigenvalue weighted by Gasteiger charge is 2.25. The highest BCUT2D eigenvalue weighted by molar-refractivity contribution is 7.92. The number of benzene rings is 3. The average molecular weight is 488 g/mol. The molecule has 0 bridgehead atoms. The van der Waals surface area contributed by atoms with Gasteiger partial charge in [-0.1, -0.05) is 18.2 Å². The third-order valence-electron chi connectivity index (χ3n) is 5.03. The van der Waals surface area contributed by atoms with Gasteiger partial charge in [0, 0.05) is 21.2 Å². The molecule has 0 atom stereocenters. The molecule has 0 amide bonds. The number of ether oxygens (including phenoxy) is 1. The zero-order valence-corrected chi connectivity index (χ0v) is 19.1. The fourth-order valence-corrected chi connectivity index (χ4v) is 5.72. The van der Waals surface area contributed by atoms with Crippen LogP contribution in [0.15, 0.2) is 59.5 Å². The standard InChI is InChI=1S/C23H18FNO6S2/c1-12-7-14(23(27)28)9-21(22(12)26)33(29,30)25-17-10-15(16(24)11-18(17)31-2)20-8-13-5-3-4-6-19(13)32-20/h3-11,25-26H,1-2H3,(H,27,28). The van der Waals surface area contributed by atoms with Crippen molar-refractivity contribution in [1.82, 2.24) is 0 Å². The monoisotopic (exact) mass is 487 g/mol. The smallest absolute Gasteiger partial charge is 0.335 e. The topological polar surface area (TPSA) is 113 Å². The Bertz CT molecular complexity index is 1480. The largest absolute Gasteiger partial charge is 0.506 e. The predicted octanol–water partition coefficient (Wildman–Crippen LogP) is 5.23. The third-order valence-corrected chi connectivity index (χ3v) is 7.55. The number of sulfonamides is 1. The normalized spacial score (nSPS) is 11.5. The maximum atomic E-state index is 14.9. The first-order valence-corrected chi connectivity index (χ1v) is 11.9. The number of phenols is 1. The van der Waals surface area contributed by atoms with Gasteiger partial charge < -0.3 is 14.9 Å². The van der Waals surface area contributed by atoms with Crippen LogP contribution in [-0.2, 0) is 10.0 Å². The van der Waals surface area contributed by atoms with Crippen LogP contribution in [0.1, 0.15) is 15.9 Å². The van der Waals surface area contributed by atoms with Crippen molar-refractivity contribution in [3.05, 3.63) is 71.5 Å². The molecule has 0 saturated heterocycles. The van der Waals surface area contributed by atoms with E-state index in [4.69, 9.17) is 4.74 Å². The first kappa shape index (κ1) is 22.6. The number of phenolic OH excluding ortho intramolecular Hbond substituents is 1. The van der Waals surface area contributed by atoms with E-state index in [9.17, 15) is 27.8 Å². The Morgan fingerprint density at radius 2 is 1.85 bits per heavy atom. The fraction of sp³-hybridized carbons (Fsp3) is 0.0870. The Kier molecular flexibility index (Phi) is 5.73. The molecule has 10 heteroatoms. The van der Waals surface area contributed by atoms with Crippen molar-refractivity contribution < 1.29 is 32.6 Å². The van der Waals surface area contributed by atoms with E-state index in [2.05, 4.69) is 4.72 Å². The number of rotatable bonds is 6. The number of thiophene rings is 1. The molecule has 4 aromatic rings. The van der Waals surface area contributed by atoms with E-state index in [0.717, 1.165) is 28.3 Å². The zero-order valence-electron chi connectivity index (χ0n) is 17.4. The number of hydrogen-bond acceptors (Lipinski definition) is 6. The second kappa shape index (κ2) is 8.38. The van der Waals surface area contributed by atoms with E-state index in [1.807, 2.05) is 24.3 Å². The SMILES string of the molecule is COc1cc(F)c(-c2cc3ccccc3s2)cc1NS(=O)(=O)c1cc(C(=O)O)cc(C)c1O. The molecule has 0 unspecified atom stereocenters. The van der Waals surface area contributed by atoms with Gasteiger partial charge in [0.25, 0.3) is 10.0 Å². The van der Waals surface area contributed by atoms with Crippen molar-refractivity contribution in [2.75, 3.05) is 11.8 Å². The van der Waals surface area contributed by atoms with Crippen LogP contribution >= 0.6 is 11.3 Å². The molecule has 1 aromatic heterocycles. The van der Waals surface area contributed by atoms with Crippen LogP contribution in [0.5, 0.6) is 11.5 Å². The molecular formula is C23H18FNO6S2. The lowest BCUT2D eigenvalue weighted by atomic mass is 10.1. The number of methoxy groups -OCH3 is 1. The number of aromatic hydroxyl groups is 1. The van der Waals surface area contributed by atoms with Gasteiger partial charge in [0.2, 0.25) is 0 Å². The van der Waals surface area contributed by atoms with E-state index in [1.54, 1.807) is 6.07 Å². The van der Waals surface area contributed by atoms with Gasteiger partial charge in [0.05, 0.1) is 18.4 Å². The summed E-state index contributed by atoms with van der Waals surface area (Å²) in [6.07, 6.45) is 0. The zero-order chi connectivity index (χ0) is 23.9. The molecule has 0 radical (unpaired) electrons. The van der Waals surface area contributed by atoms with Crippen molar-refractivity contribution >= 4 is 43.1 Å². The van der Waals surface area contributed by atoms with Crippen LogP contribution in [0.25, 0.3) is 20.5 Å². The Morgan fingerprint density at radius 3 is 2.52 bits per heavy atom. The molecule has 0 aliphatic rings. The van der Waals surface area contributed by atoms with Gasteiger partial charge >= 0.3 is 5.97 Å². The van der Waals surface area contributed by atoms with Crippen LogP contribution in [0.4, 0.5) is 10.1 Å². The summed E-state index contributed by atoms with van der Waals surface area (Å²) >= 11 is 1.35. The fourth-order valence-electron chi connectivity index (χ4n) is 3.38. The molecule has 170 valence electrons. The quantitative estimate of drug-likeness (QED) is 0.343. The molecule has 4 rings (SSSR count). The highest BCUT2D eigenvalue weighted by atomic mass is 32.2. The summed E-state index contributed by atoms with van der Waals surface area (Å²) in [6, 6.07) is 13.7. The van der Waals surface area contributed by atoms with Crippen LogP contribution in [0.2, 0.25) is 0 Å². The first-order chi connectivity index (χ1) is 15.6. The number of halogens is 1. The summed E-state index contributed by atoms with van der Waals surface area (Å²) in [4.78, 5) is 11.3. The van der Waals surface area contributed by atoms with Gasteiger partial charge in [-0.05, 0) is 48.2 Å². The van der Waals surface area contributed by atoms with Gasteiger partial charge in [-0.15, -0.1) is 11.3 Å². The number of hydrogen-bond donors (Lipinski definition) is 3. The molecule has 0 spiro atoms. The van der Waals surface area contributed by atoms with Crippen LogP contribution in [0.3, 0.4) is 0 Å². The average Bonchev–Trinajstić information content (AvgIpc) is 3.19. The molecule has 0 aliphatic heterocycles. The van der Waals surface area contributed by atoms with Gasteiger partial charge in [0.15, 0.2) is 0 Å². The number of nitrogens with one attached hydrogen (secondary N) is 1. The lowest BCUT2D eigenvalue weighted by Crippen LogP contribution is -2.15. The van der Waals surface area contributed by atoms with Crippen molar-refractivity contribution in [1.29, 1.82) is 0 Å². The predicted molar refractivity (Wildman–Crippen MR) is 124 cm³/mol. The number of carboxylic acid groups (broad SMARTS) is 1. The van der Waals surface area contributed by atoms with Crippen molar-refractivity contribution in [3.8, 4) is 21.9 Å². The maximum Gasteiger partial charge on any atom is 0.335 e. The molecule has 3 N–H and O–H groups in total. The molecule has 0 saturated carbocycles.